The molecule has 0 saturated carbocycles. The minimum atomic E-state index is -0.532. The van der Waals surface area contributed by atoms with Gasteiger partial charge < -0.3 is 10.2 Å². The van der Waals surface area contributed by atoms with E-state index in [1.54, 1.807) is 11.3 Å². The molecular weight excluding hydrogens is 351 g/mol. The second-order valence-electron chi connectivity index (χ2n) is 5.62. The maximum Gasteiger partial charge on any atom is 0.227 e. The van der Waals surface area contributed by atoms with E-state index in [2.05, 4.69) is 5.32 Å². The molecule has 0 bridgehead atoms. The van der Waals surface area contributed by atoms with E-state index in [-0.39, 0.29) is 29.8 Å². The molecule has 2 aromatic rings. The van der Waals surface area contributed by atoms with Gasteiger partial charge in [-0.15, -0.1) is 11.3 Å². The number of benzene rings is 1. The van der Waals surface area contributed by atoms with Crippen LogP contribution in [0.4, 0.5) is 10.1 Å². The minimum absolute atomic E-state index is 0.0378. The molecule has 126 valence electrons. The van der Waals surface area contributed by atoms with Crippen LogP contribution in [0.15, 0.2) is 35.7 Å². The molecule has 2 heterocycles. The van der Waals surface area contributed by atoms with Crippen LogP contribution >= 0.6 is 22.9 Å². The first-order valence-corrected chi connectivity index (χ1v) is 8.86. The van der Waals surface area contributed by atoms with Gasteiger partial charge in [0.25, 0.3) is 0 Å². The van der Waals surface area contributed by atoms with Crippen molar-refractivity contribution in [2.45, 2.75) is 12.8 Å². The van der Waals surface area contributed by atoms with E-state index in [4.69, 9.17) is 11.6 Å². The molecule has 7 heteroatoms. The highest BCUT2D eigenvalue weighted by Crippen LogP contribution is 2.28. The first-order chi connectivity index (χ1) is 11.5. The van der Waals surface area contributed by atoms with Crippen molar-refractivity contribution in [3.05, 3.63) is 51.4 Å². The number of nitrogens with one attached hydrogen (secondary N) is 1. The zero-order valence-corrected chi connectivity index (χ0v) is 14.4. The summed E-state index contributed by atoms with van der Waals surface area (Å²) < 4.78 is 13.2. The van der Waals surface area contributed by atoms with E-state index in [1.165, 1.54) is 28.0 Å². The minimum Gasteiger partial charge on any atom is -0.355 e. The number of carbonyl (C=O) groups excluding carboxylic acids is 2. The standard InChI is InChI=1S/C17H16ClFN2O2S/c18-14-9-12(3-4-15(14)19)21-10-11(8-16(21)22)17(23)20-6-5-13-2-1-7-24-13/h1-4,7,9,11H,5-6,8,10H2,(H,20,23)/t11-/m1/s1. The van der Waals surface area contributed by atoms with Crippen molar-refractivity contribution in [1.29, 1.82) is 0 Å². The number of carbonyl (C=O) groups is 2. The van der Waals surface area contributed by atoms with Gasteiger partial charge in [-0.2, -0.15) is 0 Å². The average Bonchev–Trinajstić information content (AvgIpc) is 3.20. The van der Waals surface area contributed by atoms with Crippen molar-refractivity contribution in [2.24, 2.45) is 5.92 Å². The van der Waals surface area contributed by atoms with Crippen LogP contribution in [0, 0.1) is 11.7 Å². The van der Waals surface area contributed by atoms with E-state index in [9.17, 15) is 14.0 Å². The number of thiophene rings is 1. The molecule has 1 aliphatic rings. The van der Waals surface area contributed by atoms with E-state index in [0.717, 1.165) is 6.42 Å². The van der Waals surface area contributed by atoms with Crippen LogP contribution in [0.1, 0.15) is 11.3 Å². The Morgan fingerprint density at radius 1 is 1.42 bits per heavy atom. The third kappa shape index (κ3) is 3.76. The molecule has 1 fully saturated rings. The highest BCUT2D eigenvalue weighted by molar-refractivity contribution is 7.09. The Labute approximate surface area is 148 Å². The van der Waals surface area contributed by atoms with Gasteiger partial charge in [0.1, 0.15) is 5.82 Å². The van der Waals surface area contributed by atoms with Gasteiger partial charge in [-0.1, -0.05) is 17.7 Å². The molecule has 0 radical (unpaired) electrons. The first-order valence-electron chi connectivity index (χ1n) is 7.60. The van der Waals surface area contributed by atoms with Gasteiger partial charge in [0, 0.05) is 30.1 Å². The molecular formula is C17H16ClFN2O2S. The Bertz CT molecular complexity index is 751. The quantitative estimate of drug-likeness (QED) is 0.883. The molecule has 24 heavy (non-hydrogen) atoms. The van der Waals surface area contributed by atoms with Gasteiger partial charge in [0.15, 0.2) is 0 Å². The van der Waals surface area contributed by atoms with Crippen molar-refractivity contribution in [1.82, 2.24) is 5.32 Å². The number of nitrogens with zero attached hydrogens (tertiary/aromatic N) is 1. The van der Waals surface area contributed by atoms with Crippen molar-refractivity contribution in [2.75, 3.05) is 18.0 Å². The van der Waals surface area contributed by atoms with Crippen LogP contribution in [0.25, 0.3) is 0 Å². The Morgan fingerprint density at radius 3 is 2.96 bits per heavy atom. The van der Waals surface area contributed by atoms with Gasteiger partial charge in [-0.3, -0.25) is 9.59 Å². The molecule has 1 aliphatic heterocycles. The zero-order valence-electron chi connectivity index (χ0n) is 12.8. The van der Waals surface area contributed by atoms with Gasteiger partial charge in [-0.25, -0.2) is 4.39 Å². The van der Waals surface area contributed by atoms with Gasteiger partial charge in [0.2, 0.25) is 11.8 Å². The molecule has 1 atom stereocenters. The van der Waals surface area contributed by atoms with E-state index in [0.29, 0.717) is 12.2 Å². The second-order valence-corrected chi connectivity index (χ2v) is 7.06. The molecule has 0 spiro atoms. The maximum atomic E-state index is 13.2. The molecule has 0 unspecified atom stereocenters. The topological polar surface area (TPSA) is 49.4 Å². The lowest BCUT2D eigenvalue weighted by atomic mass is 10.1. The second kappa shape index (κ2) is 7.32. The van der Waals surface area contributed by atoms with Crippen molar-refractivity contribution in [3.8, 4) is 0 Å². The fourth-order valence-corrected chi connectivity index (χ4v) is 3.58. The third-order valence-corrected chi connectivity index (χ3v) is 5.19. The number of halogens is 2. The van der Waals surface area contributed by atoms with Crippen LogP contribution in [-0.4, -0.2) is 24.9 Å². The lowest BCUT2D eigenvalue weighted by molar-refractivity contribution is -0.126. The first kappa shape index (κ1) is 16.9. The fourth-order valence-electron chi connectivity index (χ4n) is 2.69. The summed E-state index contributed by atoms with van der Waals surface area (Å²) in [5.74, 6) is -1.22. The van der Waals surface area contributed by atoms with Crippen LogP contribution in [-0.2, 0) is 16.0 Å². The normalized spacial score (nSPS) is 17.3. The number of hydrogen-bond acceptors (Lipinski definition) is 3. The van der Waals surface area contributed by atoms with Gasteiger partial charge in [0.05, 0.1) is 10.9 Å². The summed E-state index contributed by atoms with van der Waals surface area (Å²) in [5.41, 5.74) is 0.514. The number of anilines is 1. The predicted molar refractivity (Wildman–Crippen MR) is 92.9 cm³/mol. The molecule has 4 nitrogen and oxygen atoms in total. The highest BCUT2D eigenvalue weighted by atomic mass is 35.5. The van der Waals surface area contributed by atoms with Crippen molar-refractivity contribution < 1.29 is 14.0 Å². The third-order valence-electron chi connectivity index (χ3n) is 3.96. The molecule has 0 aliphatic carbocycles. The molecule has 1 N–H and O–H groups in total. The van der Waals surface area contributed by atoms with Crippen LogP contribution in [0.5, 0.6) is 0 Å². The number of rotatable bonds is 5. The highest BCUT2D eigenvalue weighted by Gasteiger charge is 2.35. The largest absolute Gasteiger partial charge is 0.355 e. The Hall–Kier alpha value is -1.92. The van der Waals surface area contributed by atoms with Crippen LogP contribution in [0.2, 0.25) is 5.02 Å². The van der Waals surface area contributed by atoms with Gasteiger partial charge >= 0.3 is 0 Å². The summed E-state index contributed by atoms with van der Waals surface area (Å²) in [5, 5.41) is 4.84. The predicted octanol–water partition coefficient (Wildman–Crippen LogP) is 3.25. The van der Waals surface area contributed by atoms with Crippen molar-refractivity contribution in [3.63, 3.8) is 0 Å². The molecule has 1 saturated heterocycles. The summed E-state index contributed by atoms with van der Waals surface area (Å²) in [7, 11) is 0. The van der Waals surface area contributed by atoms with E-state index < -0.39 is 11.7 Å². The summed E-state index contributed by atoms with van der Waals surface area (Å²) >= 11 is 7.42. The Morgan fingerprint density at radius 2 is 2.25 bits per heavy atom. The fraction of sp³-hybridized carbons (Fsp3) is 0.294. The van der Waals surface area contributed by atoms with Crippen LogP contribution in [0.3, 0.4) is 0 Å². The van der Waals surface area contributed by atoms with E-state index in [1.807, 2.05) is 17.5 Å². The average molecular weight is 367 g/mol. The number of hydrogen-bond donors (Lipinski definition) is 1. The van der Waals surface area contributed by atoms with Crippen LogP contribution < -0.4 is 10.2 Å². The van der Waals surface area contributed by atoms with Crippen molar-refractivity contribution >= 4 is 40.4 Å². The summed E-state index contributed by atoms with van der Waals surface area (Å²) in [6.45, 7) is 0.831. The maximum absolute atomic E-state index is 13.2. The lowest BCUT2D eigenvalue weighted by Crippen LogP contribution is -2.34. The molecule has 3 rings (SSSR count). The lowest BCUT2D eigenvalue weighted by Gasteiger charge is -2.17. The smallest absolute Gasteiger partial charge is 0.227 e. The Kier molecular flexibility index (Phi) is 5.16. The summed E-state index contributed by atoms with van der Waals surface area (Å²) in [6.07, 6.45) is 0.932. The van der Waals surface area contributed by atoms with E-state index >= 15 is 0 Å². The number of amides is 2. The summed E-state index contributed by atoms with van der Waals surface area (Å²) in [6, 6.07) is 8.13. The zero-order chi connectivity index (χ0) is 17.1. The molecule has 2 amide bonds. The SMILES string of the molecule is O=C(NCCc1cccs1)[C@@H]1CC(=O)N(c2ccc(F)c(Cl)c2)C1. The monoisotopic (exact) mass is 366 g/mol. The van der Waals surface area contributed by atoms with Gasteiger partial charge in [-0.05, 0) is 36.1 Å². The Balaban J connectivity index is 1.57. The molecule has 1 aromatic carbocycles. The molecule has 1 aromatic heterocycles. The summed E-state index contributed by atoms with van der Waals surface area (Å²) in [4.78, 5) is 27.1.